The van der Waals surface area contributed by atoms with Gasteiger partial charge in [0.2, 0.25) is 0 Å². The molecule has 0 bridgehead atoms. The monoisotopic (exact) mass is 855 g/mol. The van der Waals surface area contributed by atoms with Crippen molar-refractivity contribution < 1.29 is 0 Å². The second-order valence-electron chi connectivity index (χ2n) is 17.2. The van der Waals surface area contributed by atoms with Gasteiger partial charge in [-0.25, -0.2) is 0 Å². The maximum Gasteiger partial charge on any atom is 0.0783 e. The number of hydrogen-bond donors (Lipinski definition) is 2. The fourth-order valence-electron chi connectivity index (χ4n) is 10.7. The maximum absolute atomic E-state index is 9.97. The molecule has 1 aliphatic carbocycles. The minimum atomic E-state index is -0.591. The van der Waals surface area contributed by atoms with E-state index in [0.29, 0.717) is 5.71 Å². The topological polar surface area (TPSA) is 39.1 Å². The van der Waals surface area contributed by atoms with Gasteiger partial charge in [-0.15, -0.1) is 0 Å². The summed E-state index contributed by atoms with van der Waals surface area (Å²) >= 11 is 0. The second-order valence-corrected chi connectivity index (χ2v) is 17.2. The minimum absolute atomic E-state index is 0.446. The molecule has 3 nitrogen and oxygen atoms in total. The van der Waals surface area contributed by atoms with Crippen LogP contribution in [0.3, 0.4) is 0 Å². The van der Waals surface area contributed by atoms with E-state index in [2.05, 4.69) is 235 Å². The van der Waals surface area contributed by atoms with Crippen molar-refractivity contribution in [3.63, 3.8) is 0 Å². The number of anilines is 2. The number of rotatable bonds is 9. The summed E-state index contributed by atoms with van der Waals surface area (Å²) in [6.07, 6.45) is 0. The Bertz CT molecular complexity index is 3490. The number of allylic oxidation sites excluding steroid dienone is 1. The number of hydrogen-bond acceptors (Lipinski definition) is 3. The molecule has 67 heavy (non-hydrogen) atoms. The van der Waals surface area contributed by atoms with E-state index >= 15 is 0 Å². The number of fused-ring (bicyclic) bond motifs is 5. The van der Waals surface area contributed by atoms with E-state index in [1.54, 1.807) is 0 Å². The van der Waals surface area contributed by atoms with Crippen LogP contribution in [0, 0.1) is 5.41 Å². The molecular weight excluding hydrogens is 811 g/mol. The first-order chi connectivity index (χ1) is 33.2. The van der Waals surface area contributed by atoms with E-state index in [1.165, 1.54) is 33.4 Å². The smallest absolute Gasteiger partial charge is 0.0783 e. The average Bonchev–Trinajstić information content (AvgIpc) is 3.72. The summed E-state index contributed by atoms with van der Waals surface area (Å²) in [6.45, 7) is 0. The zero-order chi connectivity index (χ0) is 44.7. The highest BCUT2D eigenvalue weighted by molar-refractivity contribution is 6.36. The maximum atomic E-state index is 9.97. The third-order valence-corrected chi connectivity index (χ3v) is 13.6. The van der Waals surface area contributed by atoms with Crippen molar-refractivity contribution in [3.05, 3.63) is 311 Å². The second kappa shape index (κ2) is 16.6. The number of nitrogens with zero attached hydrogens (tertiary/aromatic N) is 1. The summed E-state index contributed by atoms with van der Waals surface area (Å²) in [5.74, 6) is 0. The molecular formula is C64H45N3. The largest absolute Gasteiger partial charge is 0.352 e. The molecule has 0 fully saturated rings. The van der Waals surface area contributed by atoms with Gasteiger partial charge in [-0.05, 0) is 50.9 Å². The summed E-state index contributed by atoms with van der Waals surface area (Å²) in [5, 5.41) is 16.4. The molecule has 2 N–H and O–H groups in total. The number of benzene rings is 10. The fourth-order valence-corrected chi connectivity index (χ4v) is 10.7. The Morgan fingerprint density at radius 2 is 0.896 bits per heavy atom. The molecule has 0 atom stereocenters. The summed E-state index contributed by atoms with van der Waals surface area (Å²) in [7, 11) is 0. The molecule has 1 heterocycles. The Labute approximate surface area is 391 Å². The van der Waals surface area contributed by atoms with Gasteiger partial charge in [-0.2, -0.15) is 0 Å². The van der Waals surface area contributed by atoms with Crippen molar-refractivity contribution >= 4 is 50.5 Å². The van der Waals surface area contributed by atoms with Gasteiger partial charge in [-0.1, -0.05) is 249 Å². The van der Waals surface area contributed by atoms with Crippen LogP contribution in [0.15, 0.2) is 261 Å². The van der Waals surface area contributed by atoms with Crippen LogP contribution >= 0.6 is 0 Å². The molecule has 0 aromatic heterocycles. The van der Waals surface area contributed by atoms with Gasteiger partial charge in [0.1, 0.15) is 0 Å². The molecule has 10 aromatic carbocycles. The molecule has 1 aliphatic heterocycles. The lowest BCUT2D eigenvalue weighted by atomic mass is 9.68. The Morgan fingerprint density at radius 1 is 0.403 bits per heavy atom. The third kappa shape index (κ3) is 6.47. The zero-order valence-electron chi connectivity index (χ0n) is 36.8. The molecule has 0 spiro atoms. The normalized spacial score (nSPS) is 14.1. The quantitative estimate of drug-likeness (QED) is 0.142. The highest BCUT2D eigenvalue weighted by Crippen LogP contribution is 2.60. The van der Waals surface area contributed by atoms with Crippen molar-refractivity contribution in [3.8, 4) is 11.1 Å². The third-order valence-electron chi connectivity index (χ3n) is 13.6. The van der Waals surface area contributed by atoms with Gasteiger partial charge in [0.15, 0.2) is 0 Å². The van der Waals surface area contributed by atoms with Crippen LogP contribution in [0.5, 0.6) is 0 Å². The summed E-state index contributed by atoms with van der Waals surface area (Å²) in [4.78, 5) is 2.53. The van der Waals surface area contributed by atoms with Crippen LogP contribution in [-0.4, -0.2) is 5.71 Å². The van der Waals surface area contributed by atoms with Gasteiger partial charge in [-0.3, -0.25) is 5.41 Å². The first-order valence-electron chi connectivity index (χ1n) is 22.9. The Balaban J connectivity index is 1.22. The predicted molar refractivity (Wildman–Crippen MR) is 279 cm³/mol. The summed E-state index contributed by atoms with van der Waals surface area (Å²) < 4.78 is 0. The predicted octanol–water partition coefficient (Wildman–Crippen LogP) is 15.4. The van der Waals surface area contributed by atoms with E-state index in [1.807, 2.05) is 36.4 Å². The Kier molecular flexibility index (Phi) is 9.88. The Hall–Kier alpha value is -8.79. The van der Waals surface area contributed by atoms with Crippen molar-refractivity contribution in [1.29, 1.82) is 5.41 Å². The molecule has 3 heteroatoms. The first kappa shape index (κ1) is 39.8. The Morgan fingerprint density at radius 3 is 1.58 bits per heavy atom. The summed E-state index contributed by atoms with van der Waals surface area (Å²) in [5.41, 5.74) is 17.9. The van der Waals surface area contributed by atoms with Crippen LogP contribution < -0.4 is 10.2 Å². The fraction of sp³-hybridized carbons (Fsp3) is 0.0156. The van der Waals surface area contributed by atoms with Gasteiger partial charge in [0, 0.05) is 38.8 Å². The zero-order valence-corrected chi connectivity index (χ0v) is 36.8. The van der Waals surface area contributed by atoms with E-state index < -0.39 is 5.41 Å². The van der Waals surface area contributed by atoms with Crippen molar-refractivity contribution in [2.45, 2.75) is 5.41 Å². The molecule has 316 valence electrons. The van der Waals surface area contributed by atoms with Gasteiger partial charge >= 0.3 is 0 Å². The van der Waals surface area contributed by atoms with Crippen LogP contribution in [0.2, 0.25) is 0 Å². The summed E-state index contributed by atoms with van der Waals surface area (Å²) in [6, 6.07) is 93.3. The minimum Gasteiger partial charge on any atom is -0.352 e. The highest BCUT2D eigenvalue weighted by Gasteiger charge is 2.48. The number of nitrogens with one attached hydrogen (secondary N) is 2. The molecule has 0 amide bonds. The molecule has 0 unspecified atom stereocenters. The van der Waals surface area contributed by atoms with Gasteiger partial charge < -0.3 is 10.2 Å². The molecule has 2 aliphatic rings. The van der Waals surface area contributed by atoms with Crippen molar-refractivity contribution in [1.82, 2.24) is 5.32 Å². The molecule has 12 rings (SSSR count). The highest BCUT2D eigenvalue weighted by atomic mass is 15.2. The van der Waals surface area contributed by atoms with E-state index in [0.717, 1.165) is 72.6 Å². The van der Waals surface area contributed by atoms with Gasteiger partial charge in [0.05, 0.1) is 39.6 Å². The van der Waals surface area contributed by atoms with Crippen LogP contribution in [0.1, 0.15) is 50.1 Å². The average molecular weight is 856 g/mol. The standard InChI is InChI=1S/C64H45N3/c65-60(46-27-8-2-9-28-46)58(45-25-6-1-7-26-45)62-51-37-18-19-38-52(51)63(61(66-62)47-29-10-3-11-30-47)67(56-42-22-31-44-24-16-17-36-50(44)56)57-43-23-41-55-59(57)53-39-20-21-40-54(53)64(55,48-32-12-4-13-33-48)49-34-14-5-15-35-49/h1-43,65-66H/b62-58-,65-60?. The molecule has 10 aromatic rings. The van der Waals surface area contributed by atoms with Gasteiger partial charge in [0.25, 0.3) is 0 Å². The van der Waals surface area contributed by atoms with E-state index in [9.17, 15) is 5.41 Å². The molecule has 0 saturated heterocycles. The van der Waals surface area contributed by atoms with Crippen LogP contribution in [-0.2, 0) is 5.41 Å². The first-order valence-corrected chi connectivity index (χ1v) is 22.9. The van der Waals surface area contributed by atoms with Crippen LogP contribution in [0.4, 0.5) is 11.4 Å². The lowest BCUT2D eigenvalue weighted by Gasteiger charge is -2.38. The lowest BCUT2D eigenvalue weighted by Crippen LogP contribution is -2.30. The molecule has 0 radical (unpaired) electrons. The van der Waals surface area contributed by atoms with Crippen LogP contribution in [0.25, 0.3) is 44.6 Å². The SMILES string of the molecule is N=C(/C(=C1\NC(c2ccccc2)=C(N(c2cccc3c2-c2ccccc2C3(c2ccccc2)c2ccccc2)c2cccc3ccccc23)c2ccccc21)c1ccccc1)c1ccccc1. The van der Waals surface area contributed by atoms with Crippen molar-refractivity contribution in [2.24, 2.45) is 0 Å². The van der Waals surface area contributed by atoms with Crippen molar-refractivity contribution in [2.75, 3.05) is 4.90 Å². The lowest BCUT2D eigenvalue weighted by molar-refractivity contribution is 0.768. The van der Waals surface area contributed by atoms with E-state index in [-0.39, 0.29) is 0 Å². The van der Waals surface area contributed by atoms with E-state index in [4.69, 9.17) is 0 Å². The molecule has 0 saturated carbocycles.